The molecule has 0 aliphatic rings. The van der Waals surface area contributed by atoms with Gasteiger partial charge in [0.2, 0.25) is 5.90 Å². The summed E-state index contributed by atoms with van der Waals surface area (Å²) in [6, 6.07) is 6.99. The van der Waals surface area contributed by atoms with E-state index in [9.17, 15) is 5.11 Å². The van der Waals surface area contributed by atoms with Gasteiger partial charge in [0.05, 0.1) is 12.5 Å². The van der Waals surface area contributed by atoms with Crippen LogP contribution in [0.3, 0.4) is 0 Å². The summed E-state index contributed by atoms with van der Waals surface area (Å²) in [5, 5.41) is 17.5. The molecule has 0 bridgehead atoms. The van der Waals surface area contributed by atoms with Crippen LogP contribution in [0.1, 0.15) is 18.6 Å². The van der Waals surface area contributed by atoms with E-state index in [-0.39, 0.29) is 5.90 Å². The van der Waals surface area contributed by atoms with Gasteiger partial charge in [0.25, 0.3) is 0 Å². The number of para-hydroxylation sites is 1. The highest BCUT2D eigenvalue weighted by molar-refractivity contribution is 6.18. The molecule has 0 saturated carbocycles. The summed E-state index contributed by atoms with van der Waals surface area (Å²) in [5.74, 6) is 0.701. The van der Waals surface area contributed by atoms with Gasteiger partial charge in [0, 0.05) is 5.56 Å². The van der Waals surface area contributed by atoms with E-state index in [0.29, 0.717) is 30.4 Å². The Morgan fingerprint density at radius 1 is 1.47 bits per heavy atom. The molecule has 94 valence electrons. The smallest absolute Gasteiger partial charge is 0.215 e. The lowest BCUT2D eigenvalue weighted by atomic mass is 10.1. The highest BCUT2D eigenvalue weighted by Crippen LogP contribution is 2.26. The third-order valence-corrected chi connectivity index (χ3v) is 2.25. The van der Waals surface area contributed by atoms with Crippen LogP contribution in [0.4, 0.5) is 0 Å². The number of rotatable bonds is 6. The van der Waals surface area contributed by atoms with Crippen molar-refractivity contribution < 1.29 is 14.6 Å². The molecule has 4 nitrogen and oxygen atoms in total. The van der Waals surface area contributed by atoms with Crippen LogP contribution in [0.5, 0.6) is 5.75 Å². The van der Waals surface area contributed by atoms with Crippen LogP contribution in [-0.2, 0) is 4.74 Å². The zero-order chi connectivity index (χ0) is 12.7. The van der Waals surface area contributed by atoms with Crippen molar-refractivity contribution in [1.82, 2.24) is 0 Å². The Balaban J connectivity index is 2.84. The summed E-state index contributed by atoms with van der Waals surface area (Å²) in [7, 11) is 0. The maximum Gasteiger partial charge on any atom is 0.215 e. The number of aliphatic hydroxyl groups excluding tert-OH is 1. The molecule has 17 heavy (non-hydrogen) atoms. The Morgan fingerprint density at radius 3 is 2.82 bits per heavy atom. The van der Waals surface area contributed by atoms with Crippen molar-refractivity contribution in [3.63, 3.8) is 0 Å². The number of aliphatic hydroxyl groups is 1. The first-order chi connectivity index (χ1) is 8.20. The lowest BCUT2D eigenvalue weighted by Gasteiger charge is -2.16. The minimum Gasteiger partial charge on any atom is -0.492 e. The van der Waals surface area contributed by atoms with Crippen LogP contribution >= 0.6 is 11.6 Å². The number of alkyl halides is 1. The first-order valence-corrected chi connectivity index (χ1v) is 5.91. The number of ether oxygens (including phenoxy) is 2. The van der Waals surface area contributed by atoms with Crippen LogP contribution in [0, 0.1) is 5.41 Å². The van der Waals surface area contributed by atoms with E-state index in [1.165, 1.54) is 0 Å². The SMILES string of the molecule is CCOC(=N)C(O)c1ccccc1OCCCl. The molecule has 1 atom stereocenters. The van der Waals surface area contributed by atoms with Gasteiger partial charge >= 0.3 is 0 Å². The highest BCUT2D eigenvalue weighted by atomic mass is 35.5. The molecule has 2 N–H and O–H groups in total. The van der Waals surface area contributed by atoms with Crippen molar-refractivity contribution in [3.8, 4) is 5.75 Å². The maximum atomic E-state index is 9.94. The largest absolute Gasteiger partial charge is 0.492 e. The fourth-order valence-corrected chi connectivity index (χ4v) is 1.44. The van der Waals surface area contributed by atoms with Crippen molar-refractivity contribution in [2.24, 2.45) is 0 Å². The molecule has 1 aromatic rings. The third kappa shape index (κ3) is 3.91. The third-order valence-electron chi connectivity index (χ3n) is 2.10. The molecule has 0 amide bonds. The summed E-state index contributed by atoms with van der Waals surface area (Å²) >= 11 is 5.54. The summed E-state index contributed by atoms with van der Waals surface area (Å²) in [6.45, 7) is 2.46. The van der Waals surface area contributed by atoms with E-state index >= 15 is 0 Å². The van der Waals surface area contributed by atoms with Gasteiger partial charge in [-0.3, -0.25) is 5.41 Å². The fourth-order valence-electron chi connectivity index (χ4n) is 1.36. The molecular formula is C12H16ClNO3. The minimum absolute atomic E-state index is 0.186. The lowest BCUT2D eigenvalue weighted by Crippen LogP contribution is -2.16. The van der Waals surface area contributed by atoms with Gasteiger partial charge in [-0.1, -0.05) is 18.2 Å². The molecule has 0 spiro atoms. The van der Waals surface area contributed by atoms with Crippen molar-refractivity contribution in [1.29, 1.82) is 5.41 Å². The van der Waals surface area contributed by atoms with Crippen molar-refractivity contribution >= 4 is 17.5 Å². The molecule has 0 radical (unpaired) electrons. The van der Waals surface area contributed by atoms with Gasteiger partial charge in [-0.25, -0.2) is 0 Å². The molecule has 1 aromatic carbocycles. The van der Waals surface area contributed by atoms with Gasteiger partial charge in [-0.2, -0.15) is 0 Å². The van der Waals surface area contributed by atoms with Crippen molar-refractivity contribution in [3.05, 3.63) is 29.8 Å². The number of nitrogens with one attached hydrogen (secondary N) is 1. The van der Waals surface area contributed by atoms with Gasteiger partial charge in [-0.15, -0.1) is 11.6 Å². The zero-order valence-corrected chi connectivity index (χ0v) is 10.4. The fraction of sp³-hybridized carbons (Fsp3) is 0.417. The quantitative estimate of drug-likeness (QED) is 0.467. The Labute approximate surface area is 106 Å². The van der Waals surface area contributed by atoms with Gasteiger partial charge in [-0.05, 0) is 13.0 Å². The molecule has 0 aliphatic heterocycles. The standard InChI is InChI=1S/C12H16ClNO3/c1-2-16-12(14)11(15)9-5-3-4-6-10(9)17-8-7-13/h3-6,11,14-15H,2,7-8H2,1H3. The molecular weight excluding hydrogens is 242 g/mol. The van der Waals surface area contributed by atoms with Gasteiger partial charge < -0.3 is 14.6 Å². The lowest BCUT2D eigenvalue weighted by molar-refractivity contribution is 0.185. The summed E-state index contributed by atoms with van der Waals surface area (Å²) in [4.78, 5) is 0. The van der Waals surface area contributed by atoms with E-state index in [0.717, 1.165) is 0 Å². The van der Waals surface area contributed by atoms with Gasteiger partial charge in [0.15, 0.2) is 6.10 Å². The predicted molar refractivity (Wildman–Crippen MR) is 67.0 cm³/mol. The van der Waals surface area contributed by atoms with E-state index in [1.807, 2.05) is 0 Å². The molecule has 1 unspecified atom stereocenters. The Morgan fingerprint density at radius 2 is 2.18 bits per heavy atom. The van der Waals surface area contributed by atoms with E-state index in [4.69, 9.17) is 26.5 Å². The summed E-state index contributed by atoms with van der Waals surface area (Å²) in [5.41, 5.74) is 0.510. The Hall–Kier alpha value is -1.26. The van der Waals surface area contributed by atoms with Gasteiger partial charge in [0.1, 0.15) is 12.4 Å². The molecule has 0 aliphatic carbocycles. The monoisotopic (exact) mass is 257 g/mol. The average molecular weight is 258 g/mol. The van der Waals surface area contributed by atoms with Crippen LogP contribution in [0.2, 0.25) is 0 Å². The van der Waals surface area contributed by atoms with Crippen LogP contribution < -0.4 is 4.74 Å². The maximum absolute atomic E-state index is 9.94. The number of benzene rings is 1. The topological polar surface area (TPSA) is 62.5 Å². The molecule has 0 aromatic heterocycles. The second kappa shape index (κ2) is 7.14. The van der Waals surface area contributed by atoms with E-state index < -0.39 is 6.10 Å². The second-order valence-corrected chi connectivity index (χ2v) is 3.65. The Bertz CT molecular complexity index is 371. The first kappa shape index (κ1) is 13.8. The Kier molecular flexibility index (Phi) is 5.80. The summed E-state index contributed by atoms with van der Waals surface area (Å²) in [6.07, 6.45) is -1.11. The number of halogens is 1. The minimum atomic E-state index is -1.11. The van der Waals surface area contributed by atoms with Crippen LogP contribution in [0.15, 0.2) is 24.3 Å². The molecule has 5 heteroatoms. The molecule has 0 saturated heterocycles. The molecule has 0 heterocycles. The average Bonchev–Trinajstić information content (AvgIpc) is 2.36. The number of hydrogen-bond acceptors (Lipinski definition) is 4. The second-order valence-electron chi connectivity index (χ2n) is 3.28. The molecule has 1 rings (SSSR count). The first-order valence-electron chi connectivity index (χ1n) is 5.37. The van der Waals surface area contributed by atoms with Crippen molar-refractivity contribution in [2.45, 2.75) is 13.0 Å². The number of hydrogen-bond donors (Lipinski definition) is 2. The summed E-state index contributed by atoms with van der Waals surface area (Å²) < 4.78 is 10.4. The molecule has 0 fully saturated rings. The predicted octanol–water partition coefficient (Wildman–Crippen LogP) is 2.35. The normalized spacial score (nSPS) is 11.9. The zero-order valence-electron chi connectivity index (χ0n) is 9.65. The van der Waals surface area contributed by atoms with E-state index in [1.54, 1.807) is 31.2 Å². The van der Waals surface area contributed by atoms with Crippen molar-refractivity contribution in [2.75, 3.05) is 19.1 Å². The van der Waals surface area contributed by atoms with Crippen LogP contribution in [0.25, 0.3) is 0 Å². The van der Waals surface area contributed by atoms with Crippen LogP contribution in [-0.4, -0.2) is 30.1 Å². The highest BCUT2D eigenvalue weighted by Gasteiger charge is 2.18. The van der Waals surface area contributed by atoms with E-state index in [2.05, 4.69) is 0 Å².